The maximum Gasteiger partial charge on any atom is 0.150 e. The van der Waals surface area contributed by atoms with E-state index in [2.05, 4.69) is 94.6 Å². The van der Waals surface area contributed by atoms with Gasteiger partial charge in [-0.3, -0.25) is 4.68 Å². The molecule has 0 radical (unpaired) electrons. The number of nitrogens with zero attached hydrogens (tertiary/aromatic N) is 3. The highest BCUT2D eigenvalue weighted by atomic mass is 16.3. The third kappa shape index (κ3) is 3.10. The average molecular weight is 396 g/mol. The minimum absolute atomic E-state index is 0.280. The Morgan fingerprint density at radius 2 is 1.23 bits per heavy atom. The van der Waals surface area contributed by atoms with E-state index in [1.807, 2.05) is 18.2 Å². The van der Waals surface area contributed by atoms with Gasteiger partial charge in [0.15, 0.2) is 5.82 Å². The number of β-amino-alcohol motifs (C(OH)–C–C–N with tert-alkyl or cyclic N) is 1. The van der Waals surface area contributed by atoms with E-state index in [1.54, 1.807) is 0 Å². The fourth-order valence-corrected chi connectivity index (χ4v) is 4.55. The third-order valence-electron chi connectivity index (χ3n) is 5.98. The van der Waals surface area contributed by atoms with E-state index in [4.69, 9.17) is 5.10 Å². The average Bonchev–Trinajstić information content (AvgIpc) is 3.46. The third-order valence-corrected chi connectivity index (χ3v) is 5.98. The van der Waals surface area contributed by atoms with Crippen molar-refractivity contribution in [1.82, 2.24) is 9.78 Å². The summed E-state index contributed by atoms with van der Waals surface area (Å²) in [6.07, 6.45) is 2.57. The van der Waals surface area contributed by atoms with Crippen LogP contribution in [0.5, 0.6) is 0 Å². The maximum atomic E-state index is 9.99. The second kappa shape index (κ2) is 7.81. The van der Waals surface area contributed by atoms with Crippen LogP contribution in [0.2, 0.25) is 0 Å². The number of hydrogen-bond donors (Lipinski definition) is 1. The standard InChI is InChI=1S/C26H25N3O/c30-24-16-18-28(20-24)25-17-19-29(27-25)26(21-10-4-1-5-11-21,22-12-6-2-7-13-22)23-14-8-3-9-15-23/h1-15,17,19,24,30H,16,18,20H2. The lowest BCUT2D eigenvalue weighted by Crippen LogP contribution is -2.38. The summed E-state index contributed by atoms with van der Waals surface area (Å²) in [7, 11) is 0. The molecule has 5 rings (SSSR count). The van der Waals surface area contributed by atoms with Crippen LogP contribution in [0.4, 0.5) is 5.82 Å². The molecule has 1 fully saturated rings. The predicted octanol–water partition coefficient (Wildman–Crippen LogP) is 4.29. The van der Waals surface area contributed by atoms with Gasteiger partial charge in [-0.05, 0) is 23.1 Å². The van der Waals surface area contributed by atoms with Gasteiger partial charge in [0.05, 0.1) is 6.10 Å². The molecule has 1 N–H and O–H groups in total. The highest BCUT2D eigenvalue weighted by Gasteiger charge is 2.39. The van der Waals surface area contributed by atoms with Crippen LogP contribution in [0.3, 0.4) is 0 Å². The highest BCUT2D eigenvalue weighted by Crippen LogP contribution is 2.40. The molecule has 1 aromatic heterocycles. The molecular formula is C26H25N3O. The zero-order valence-electron chi connectivity index (χ0n) is 16.8. The molecule has 1 atom stereocenters. The summed E-state index contributed by atoms with van der Waals surface area (Å²) in [5, 5.41) is 15.0. The first-order chi connectivity index (χ1) is 14.8. The maximum absolute atomic E-state index is 9.99. The Kier molecular flexibility index (Phi) is 4.85. The van der Waals surface area contributed by atoms with Crippen molar-refractivity contribution in [2.24, 2.45) is 0 Å². The number of rotatable bonds is 5. The Hall–Kier alpha value is -3.37. The molecule has 1 unspecified atom stereocenters. The van der Waals surface area contributed by atoms with E-state index in [-0.39, 0.29) is 6.10 Å². The zero-order valence-corrected chi connectivity index (χ0v) is 16.8. The van der Waals surface area contributed by atoms with Crippen LogP contribution in [-0.2, 0) is 5.54 Å². The molecule has 0 spiro atoms. The van der Waals surface area contributed by atoms with Crippen LogP contribution in [0.25, 0.3) is 0 Å². The molecule has 0 amide bonds. The molecule has 4 aromatic rings. The van der Waals surface area contributed by atoms with Crippen molar-refractivity contribution in [2.45, 2.75) is 18.1 Å². The largest absolute Gasteiger partial charge is 0.391 e. The molecular weight excluding hydrogens is 370 g/mol. The lowest BCUT2D eigenvalue weighted by Gasteiger charge is -2.36. The van der Waals surface area contributed by atoms with E-state index in [0.717, 1.165) is 35.5 Å². The topological polar surface area (TPSA) is 41.3 Å². The van der Waals surface area contributed by atoms with E-state index < -0.39 is 5.54 Å². The Bertz CT molecular complexity index is 996. The Morgan fingerprint density at radius 1 is 0.733 bits per heavy atom. The smallest absolute Gasteiger partial charge is 0.150 e. The number of benzene rings is 3. The minimum atomic E-state index is -0.597. The zero-order chi connectivity index (χ0) is 20.4. The highest BCUT2D eigenvalue weighted by molar-refractivity contribution is 5.51. The van der Waals surface area contributed by atoms with Crippen molar-refractivity contribution in [2.75, 3.05) is 18.0 Å². The summed E-state index contributed by atoms with van der Waals surface area (Å²) >= 11 is 0. The van der Waals surface area contributed by atoms with Gasteiger partial charge < -0.3 is 10.0 Å². The van der Waals surface area contributed by atoms with Crippen LogP contribution in [0.15, 0.2) is 103 Å². The monoisotopic (exact) mass is 395 g/mol. The van der Waals surface area contributed by atoms with E-state index in [9.17, 15) is 5.11 Å². The fraction of sp³-hybridized carbons (Fsp3) is 0.192. The summed E-state index contributed by atoms with van der Waals surface area (Å²) in [6.45, 7) is 1.46. The molecule has 1 aliphatic heterocycles. The Labute approximate surface area is 177 Å². The SMILES string of the molecule is OC1CCN(c2ccn(C(c3ccccc3)(c3ccccc3)c3ccccc3)n2)C1. The summed E-state index contributed by atoms with van der Waals surface area (Å²) in [5.41, 5.74) is 2.86. The van der Waals surface area contributed by atoms with Gasteiger partial charge in [-0.15, -0.1) is 0 Å². The first-order valence-corrected chi connectivity index (χ1v) is 10.4. The molecule has 1 saturated heterocycles. The van der Waals surface area contributed by atoms with Crippen molar-refractivity contribution < 1.29 is 5.11 Å². The Morgan fingerprint density at radius 3 is 1.67 bits per heavy atom. The molecule has 3 aromatic carbocycles. The molecule has 2 heterocycles. The van der Waals surface area contributed by atoms with E-state index in [1.165, 1.54) is 0 Å². The molecule has 30 heavy (non-hydrogen) atoms. The summed E-state index contributed by atoms with van der Waals surface area (Å²) < 4.78 is 2.08. The van der Waals surface area contributed by atoms with Gasteiger partial charge in [-0.25, -0.2) is 0 Å². The molecule has 4 nitrogen and oxygen atoms in total. The molecule has 0 saturated carbocycles. The van der Waals surface area contributed by atoms with E-state index in [0.29, 0.717) is 6.54 Å². The van der Waals surface area contributed by atoms with Crippen molar-refractivity contribution in [3.63, 3.8) is 0 Å². The number of aromatic nitrogens is 2. The first kappa shape index (κ1) is 18.6. The van der Waals surface area contributed by atoms with Crippen LogP contribution in [0, 0.1) is 0 Å². The lowest BCUT2D eigenvalue weighted by molar-refractivity contribution is 0.198. The molecule has 4 heteroatoms. The van der Waals surface area contributed by atoms with Crippen molar-refractivity contribution in [3.8, 4) is 0 Å². The van der Waals surface area contributed by atoms with Crippen molar-refractivity contribution in [3.05, 3.63) is 120 Å². The van der Waals surface area contributed by atoms with Crippen LogP contribution >= 0.6 is 0 Å². The van der Waals surface area contributed by atoms with E-state index >= 15 is 0 Å². The molecule has 150 valence electrons. The van der Waals surface area contributed by atoms with Gasteiger partial charge in [-0.2, -0.15) is 5.10 Å². The molecule has 0 bridgehead atoms. The van der Waals surface area contributed by atoms with Gasteiger partial charge in [0.1, 0.15) is 5.54 Å². The van der Waals surface area contributed by atoms with Gasteiger partial charge in [-0.1, -0.05) is 91.0 Å². The number of anilines is 1. The second-order valence-electron chi connectivity index (χ2n) is 7.82. The first-order valence-electron chi connectivity index (χ1n) is 10.4. The van der Waals surface area contributed by atoms with Crippen LogP contribution in [-0.4, -0.2) is 34.1 Å². The number of aliphatic hydroxyl groups is 1. The van der Waals surface area contributed by atoms with Crippen LogP contribution in [0.1, 0.15) is 23.1 Å². The number of hydrogen-bond acceptors (Lipinski definition) is 3. The number of aliphatic hydroxyl groups excluding tert-OH is 1. The van der Waals surface area contributed by atoms with Gasteiger partial charge in [0.2, 0.25) is 0 Å². The van der Waals surface area contributed by atoms with Crippen LogP contribution < -0.4 is 4.90 Å². The Balaban J connectivity index is 1.76. The van der Waals surface area contributed by atoms with Crippen molar-refractivity contribution in [1.29, 1.82) is 0 Å². The van der Waals surface area contributed by atoms with Gasteiger partial charge in [0, 0.05) is 25.4 Å². The van der Waals surface area contributed by atoms with Gasteiger partial charge >= 0.3 is 0 Å². The summed E-state index contributed by atoms with van der Waals surface area (Å²) in [6, 6.07) is 33.7. The quantitative estimate of drug-likeness (QED) is 0.513. The van der Waals surface area contributed by atoms with Crippen molar-refractivity contribution >= 4 is 5.82 Å². The minimum Gasteiger partial charge on any atom is -0.391 e. The fourth-order valence-electron chi connectivity index (χ4n) is 4.55. The predicted molar refractivity (Wildman–Crippen MR) is 120 cm³/mol. The summed E-state index contributed by atoms with van der Waals surface area (Å²) in [5.74, 6) is 0.902. The molecule has 1 aliphatic rings. The summed E-state index contributed by atoms with van der Waals surface area (Å²) in [4.78, 5) is 2.16. The lowest BCUT2D eigenvalue weighted by atomic mass is 9.77. The normalized spacial score (nSPS) is 16.7. The molecule has 0 aliphatic carbocycles. The second-order valence-corrected chi connectivity index (χ2v) is 7.82. The van der Waals surface area contributed by atoms with Gasteiger partial charge in [0.25, 0.3) is 0 Å².